The monoisotopic (exact) mass is 937 g/mol. The van der Waals surface area contributed by atoms with E-state index in [1.165, 1.54) is 91.7 Å². The third kappa shape index (κ3) is 11.3. The number of aromatic hydroxyl groups is 2. The quantitative estimate of drug-likeness (QED) is 0.0637. The average molecular weight is 938 g/mol. The van der Waals surface area contributed by atoms with Gasteiger partial charge in [0, 0.05) is 29.2 Å². The largest absolute Gasteiger partial charge is 0.493 e. The van der Waals surface area contributed by atoms with E-state index in [0.29, 0.717) is 40.9 Å². The minimum absolute atomic E-state index is 0. The summed E-state index contributed by atoms with van der Waals surface area (Å²) in [6.07, 6.45) is 15.5. The number of aliphatic imine (C=N–C) groups is 2. The molecule has 4 aromatic carbocycles. The van der Waals surface area contributed by atoms with Gasteiger partial charge in [0.15, 0.2) is 5.69 Å². The maximum Gasteiger partial charge on any atom is 0.359 e. The number of aryl methyl sites for hydroxylation is 1. The molecule has 2 aliphatic rings. The summed E-state index contributed by atoms with van der Waals surface area (Å²) in [4.78, 5) is 44.1. The van der Waals surface area contributed by atoms with Gasteiger partial charge in [0.25, 0.3) is 0 Å². The summed E-state index contributed by atoms with van der Waals surface area (Å²) in [5, 5.41) is 49.7. The van der Waals surface area contributed by atoms with Crippen LogP contribution in [-0.2, 0) is 27.9 Å². The Morgan fingerprint density at radius 3 is 1.56 bits per heavy atom. The van der Waals surface area contributed by atoms with E-state index in [4.69, 9.17) is 4.74 Å². The molecule has 2 heterocycles. The van der Waals surface area contributed by atoms with Crippen LogP contribution in [0.1, 0.15) is 149 Å². The van der Waals surface area contributed by atoms with Crippen LogP contribution < -0.4 is 0 Å². The van der Waals surface area contributed by atoms with Crippen molar-refractivity contribution in [1.82, 2.24) is 19.6 Å². The summed E-state index contributed by atoms with van der Waals surface area (Å²) < 4.78 is 7.97. The standard InChI is InChI=1S/C26H27N3O5.C25H27N3O3.Co/c1-2-34-26(33)23-21(16-27-22-14-7-6-13-20(22)25(31)32)24(30)29(28-23)19-12-8-11-18(15-19)17-9-4-3-5-10-17;1-2-22-21(16-26-23-14-7-6-13-20(23)25(30)31)24(29)28(27-22)19-12-8-11-18(15-19)17-9-4-3-5-10-17;/h6-8,11-17,30H,2-5,9-10H2,1H3,(H,31,32);6-8,11-17,29H,2-5,9-10H2,1H3,(H,30,31);. The van der Waals surface area contributed by atoms with E-state index >= 15 is 0 Å². The second-order valence-corrected chi connectivity index (χ2v) is 16.2. The molecule has 2 aromatic heterocycles. The second kappa shape index (κ2) is 22.9. The molecule has 1 radical (unpaired) electrons. The van der Waals surface area contributed by atoms with Crippen LogP contribution >= 0.6 is 0 Å². The van der Waals surface area contributed by atoms with E-state index in [9.17, 15) is 34.8 Å². The summed E-state index contributed by atoms with van der Waals surface area (Å²) >= 11 is 0. The fraction of sp³-hybridized carbons (Fsp3) is 0.314. The van der Waals surface area contributed by atoms with Gasteiger partial charge >= 0.3 is 17.9 Å². The molecule has 0 atom stereocenters. The van der Waals surface area contributed by atoms with Gasteiger partial charge in [-0.05, 0) is 111 Å². The topological polar surface area (TPSA) is 202 Å². The van der Waals surface area contributed by atoms with Gasteiger partial charge in [-0.25, -0.2) is 19.1 Å². The zero-order valence-electron chi connectivity index (χ0n) is 37.0. The Morgan fingerprint density at radius 2 is 1.09 bits per heavy atom. The van der Waals surface area contributed by atoms with Crippen LogP contribution in [-0.4, -0.2) is 76.9 Å². The first-order chi connectivity index (χ1) is 31.6. The number of rotatable bonds is 13. The molecule has 6 aromatic rings. The molecule has 2 aliphatic carbocycles. The van der Waals surface area contributed by atoms with Crippen LogP contribution in [0, 0.1) is 0 Å². The van der Waals surface area contributed by atoms with E-state index < -0.39 is 17.9 Å². The summed E-state index contributed by atoms with van der Waals surface area (Å²) in [6, 6.07) is 28.8. The summed E-state index contributed by atoms with van der Waals surface area (Å²) in [5.74, 6) is -2.11. The minimum atomic E-state index is -1.13. The van der Waals surface area contributed by atoms with E-state index in [-0.39, 0.29) is 63.2 Å². The summed E-state index contributed by atoms with van der Waals surface area (Å²) in [5.41, 5.74) is 5.72. The number of esters is 1. The molecule has 0 amide bonds. The molecule has 14 nitrogen and oxygen atoms in total. The van der Waals surface area contributed by atoms with Crippen molar-refractivity contribution in [3.05, 3.63) is 142 Å². The number of carboxylic acids is 2. The third-order valence-corrected chi connectivity index (χ3v) is 12.0. The van der Waals surface area contributed by atoms with Crippen LogP contribution in [0.25, 0.3) is 11.4 Å². The van der Waals surface area contributed by atoms with Crippen LogP contribution in [0.3, 0.4) is 0 Å². The maximum absolute atomic E-state index is 12.6. The van der Waals surface area contributed by atoms with Crippen LogP contribution in [0.2, 0.25) is 0 Å². The zero-order chi connectivity index (χ0) is 45.9. The number of hydrogen-bond donors (Lipinski definition) is 4. The molecule has 345 valence electrons. The number of ether oxygens (including phenoxy) is 1. The van der Waals surface area contributed by atoms with Crippen molar-refractivity contribution in [2.75, 3.05) is 6.61 Å². The molecule has 2 fully saturated rings. The van der Waals surface area contributed by atoms with Gasteiger partial charge in [-0.2, -0.15) is 14.9 Å². The van der Waals surface area contributed by atoms with Crippen molar-refractivity contribution in [2.45, 2.75) is 96.3 Å². The first kappa shape index (κ1) is 48.6. The summed E-state index contributed by atoms with van der Waals surface area (Å²) in [6.45, 7) is 3.79. The Morgan fingerprint density at radius 1 is 0.636 bits per heavy atom. The average Bonchev–Trinajstić information content (AvgIpc) is 3.85. The van der Waals surface area contributed by atoms with Crippen molar-refractivity contribution in [3.8, 4) is 23.1 Å². The Kier molecular flexibility index (Phi) is 16.8. The van der Waals surface area contributed by atoms with Gasteiger partial charge in [0.2, 0.25) is 11.8 Å². The molecule has 2 saturated carbocycles. The number of para-hydroxylation sites is 2. The molecule has 0 unspecified atom stereocenters. The van der Waals surface area contributed by atoms with Gasteiger partial charge in [0.1, 0.15) is 0 Å². The normalized spacial score (nSPS) is 14.4. The van der Waals surface area contributed by atoms with E-state index in [2.05, 4.69) is 38.4 Å². The van der Waals surface area contributed by atoms with Crippen molar-refractivity contribution in [1.29, 1.82) is 0 Å². The first-order valence-electron chi connectivity index (χ1n) is 22.3. The van der Waals surface area contributed by atoms with Gasteiger partial charge in [-0.15, -0.1) is 0 Å². The van der Waals surface area contributed by atoms with Gasteiger partial charge in [0.05, 0.1) is 57.3 Å². The molecule has 0 aliphatic heterocycles. The van der Waals surface area contributed by atoms with E-state index in [0.717, 1.165) is 18.5 Å². The Balaban J connectivity index is 0.000000216. The minimum Gasteiger partial charge on any atom is -0.493 e. The SMILES string of the molecule is CCOC(=O)c1nn(-c2cccc(C3CCCCC3)c2)c(O)c1C=Nc1ccccc1C(=O)O.CCc1nn(-c2cccc(C3CCCCC3)c2)c(O)c1C=Nc1ccccc1C(=O)O.[Co]. The van der Waals surface area contributed by atoms with Crippen LogP contribution in [0.4, 0.5) is 11.4 Å². The van der Waals surface area contributed by atoms with Gasteiger partial charge in [-0.3, -0.25) is 9.98 Å². The molecule has 8 rings (SSSR count). The number of carboxylic acid groups (broad SMARTS) is 2. The van der Waals surface area contributed by atoms with Crippen molar-refractivity contribution in [3.63, 3.8) is 0 Å². The van der Waals surface area contributed by atoms with Gasteiger partial charge < -0.3 is 25.2 Å². The van der Waals surface area contributed by atoms with Crippen molar-refractivity contribution < 1.29 is 56.3 Å². The fourth-order valence-electron chi connectivity index (χ4n) is 8.60. The molecule has 15 heteroatoms. The van der Waals surface area contributed by atoms with E-state index in [1.807, 2.05) is 37.3 Å². The Bertz CT molecular complexity index is 2710. The molecule has 66 heavy (non-hydrogen) atoms. The van der Waals surface area contributed by atoms with E-state index in [1.54, 1.807) is 48.0 Å². The van der Waals surface area contributed by atoms with Crippen LogP contribution in [0.5, 0.6) is 11.8 Å². The molecule has 0 saturated heterocycles. The van der Waals surface area contributed by atoms with Crippen molar-refractivity contribution in [2.24, 2.45) is 9.98 Å². The number of benzene rings is 4. The molecular formula is C51H54CoN6O8. The Hall–Kier alpha value is -6.84. The third-order valence-electron chi connectivity index (χ3n) is 12.0. The fourth-order valence-corrected chi connectivity index (χ4v) is 8.60. The Labute approximate surface area is 393 Å². The molecule has 0 spiro atoms. The zero-order valence-corrected chi connectivity index (χ0v) is 38.0. The van der Waals surface area contributed by atoms with Crippen LogP contribution in [0.15, 0.2) is 107 Å². The number of nitrogens with zero attached hydrogens (tertiary/aromatic N) is 6. The number of aromatic nitrogens is 4. The predicted molar refractivity (Wildman–Crippen MR) is 249 cm³/mol. The molecule has 4 N–H and O–H groups in total. The smallest absolute Gasteiger partial charge is 0.359 e. The summed E-state index contributed by atoms with van der Waals surface area (Å²) in [7, 11) is 0. The number of hydrogen-bond acceptors (Lipinski definition) is 10. The second-order valence-electron chi connectivity index (χ2n) is 16.2. The molecule has 0 bridgehead atoms. The molecular weight excluding hydrogens is 884 g/mol. The van der Waals surface area contributed by atoms with Gasteiger partial charge in [-0.1, -0.05) is 94.0 Å². The number of carbonyl (C=O) groups is 3. The van der Waals surface area contributed by atoms with Crippen molar-refractivity contribution >= 4 is 41.7 Å². The maximum atomic E-state index is 12.6. The number of carbonyl (C=O) groups excluding carboxylic acids is 1. The first-order valence-corrected chi connectivity index (χ1v) is 22.3. The predicted octanol–water partition coefficient (Wildman–Crippen LogP) is 10.9. The number of aromatic carboxylic acids is 2.